The molecule has 5 heteroatoms. The normalized spacial score (nSPS) is 18.6. The second kappa shape index (κ2) is 5.64. The van der Waals surface area contributed by atoms with Gasteiger partial charge in [-0.2, -0.15) is 0 Å². The van der Waals surface area contributed by atoms with E-state index in [0.29, 0.717) is 5.69 Å². The number of nitrogens with two attached hydrogens (primary N) is 1. The van der Waals surface area contributed by atoms with E-state index >= 15 is 0 Å². The summed E-state index contributed by atoms with van der Waals surface area (Å²) in [6, 6.07) is 7.09. The molecule has 1 fully saturated rings. The van der Waals surface area contributed by atoms with Gasteiger partial charge in [0, 0.05) is 5.69 Å². The van der Waals surface area contributed by atoms with Crippen LogP contribution in [0.3, 0.4) is 0 Å². The van der Waals surface area contributed by atoms with Gasteiger partial charge < -0.3 is 16.4 Å². The topological polar surface area (TPSA) is 84.2 Å². The van der Waals surface area contributed by atoms with Crippen LogP contribution >= 0.6 is 0 Å². The molecule has 0 radical (unpaired) electrons. The Labute approximate surface area is 106 Å². The molecule has 96 valence electrons. The van der Waals surface area contributed by atoms with Gasteiger partial charge in [0.25, 0.3) is 0 Å². The van der Waals surface area contributed by atoms with Crippen LogP contribution in [0.2, 0.25) is 0 Å². The Bertz CT molecular complexity index is 453. The SMILES string of the molecule is NC(=O)Cc1ccccc1NC(=O)C1CCCN1. The molecule has 1 atom stereocenters. The lowest BCUT2D eigenvalue weighted by atomic mass is 10.1. The molecule has 1 heterocycles. The highest BCUT2D eigenvalue weighted by atomic mass is 16.2. The molecule has 1 saturated heterocycles. The highest BCUT2D eigenvalue weighted by Gasteiger charge is 2.22. The van der Waals surface area contributed by atoms with E-state index in [-0.39, 0.29) is 18.4 Å². The second-order valence-corrected chi connectivity index (χ2v) is 4.44. The van der Waals surface area contributed by atoms with E-state index in [9.17, 15) is 9.59 Å². The Kier molecular flexibility index (Phi) is 3.94. The van der Waals surface area contributed by atoms with Gasteiger partial charge in [-0.15, -0.1) is 0 Å². The Hall–Kier alpha value is -1.88. The van der Waals surface area contributed by atoms with Crippen LogP contribution in [0.15, 0.2) is 24.3 Å². The first-order valence-corrected chi connectivity index (χ1v) is 6.07. The number of hydrogen-bond acceptors (Lipinski definition) is 3. The minimum Gasteiger partial charge on any atom is -0.369 e. The number of para-hydroxylation sites is 1. The van der Waals surface area contributed by atoms with Crippen LogP contribution in [-0.4, -0.2) is 24.4 Å². The molecule has 0 aromatic heterocycles. The maximum absolute atomic E-state index is 12.0. The van der Waals surface area contributed by atoms with Crippen molar-refractivity contribution in [3.63, 3.8) is 0 Å². The fraction of sp³-hybridized carbons (Fsp3) is 0.385. The monoisotopic (exact) mass is 247 g/mol. The summed E-state index contributed by atoms with van der Waals surface area (Å²) in [5, 5.41) is 5.98. The third-order valence-corrected chi connectivity index (χ3v) is 3.02. The molecule has 2 rings (SSSR count). The van der Waals surface area contributed by atoms with Crippen molar-refractivity contribution < 1.29 is 9.59 Å². The third kappa shape index (κ3) is 3.07. The number of primary amides is 1. The average molecular weight is 247 g/mol. The predicted molar refractivity (Wildman–Crippen MR) is 69.0 cm³/mol. The van der Waals surface area contributed by atoms with Gasteiger partial charge in [-0.05, 0) is 31.0 Å². The van der Waals surface area contributed by atoms with Crippen LogP contribution in [-0.2, 0) is 16.0 Å². The fourth-order valence-corrected chi connectivity index (χ4v) is 2.11. The number of carbonyl (C=O) groups is 2. The lowest BCUT2D eigenvalue weighted by Gasteiger charge is -2.13. The quantitative estimate of drug-likeness (QED) is 0.720. The fourth-order valence-electron chi connectivity index (χ4n) is 2.11. The molecule has 0 aliphatic carbocycles. The van der Waals surface area contributed by atoms with E-state index in [1.807, 2.05) is 12.1 Å². The van der Waals surface area contributed by atoms with Gasteiger partial charge in [0.05, 0.1) is 12.5 Å². The molecule has 1 aliphatic rings. The zero-order valence-electron chi connectivity index (χ0n) is 10.1. The number of hydrogen-bond donors (Lipinski definition) is 3. The van der Waals surface area contributed by atoms with Crippen LogP contribution in [0.4, 0.5) is 5.69 Å². The zero-order chi connectivity index (χ0) is 13.0. The van der Waals surface area contributed by atoms with Crippen LogP contribution in [0.25, 0.3) is 0 Å². The standard InChI is InChI=1S/C13H17N3O2/c14-12(17)8-9-4-1-2-5-10(9)16-13(18)11-6-3-7-15-11/h1-2,4-5,11,15H,3,6-8H2,(H2,14,17)(H,16,18). The van der Waals surface area contributed by atoms with Crippen LogP contribution in [0, 0.1) is 0 Å². The summed E-state index contributed by atoms with van der Waals surface area (Å²) < 4.78 is 0. The van der Waals surface area contributed by atoms with Crippen molar-refractivity contribution in [1.29, 1.82) is 0 Å². The van der Waals surface area contributed by atoms with Crippen molar-refractivity contribution >= 4 is 17.5 Å². The molecule has 1 aliphatic heterocycles. The van der Waals surface area contributed by atoms with Crippen molar-refractivity contribution in [1.82, 2.24) is 5.32 Å². The molecule has 0 spiro atoms. The average Bonchev–Trinajstić information content (AvgIpc) is 2.84. The van der Waals surface area contributed by atoms with Crippen LogP contribution < -0.4 is 16.4 Å². The smallest absolute Gasteiger partial charge is 0.241 e. The Morgan fingerprint density at radius 3 is 2.83 bits per heavy atom. The minimum absolute atomic E-state index is 0.0515. The summed E-state index contributed by atoms with van der Waals surface area (Å²) in [6.07, 6.45) is 2.00. The molecule has 4 N–H and O–H groups in total. The first-order valence-electron chi connectivity index (χ1n) is 6.07. The van der Waals surface area contributed by atoms with E-state index < -0.39 is 5.91 Å². The number of anilines is 1. The van der Waals surface area contributed by atoms with Gasteiger partial charge in [-0.1, -0.05) is 18.2 Å². The Balaban J connectivity index is 2.07. The van der Waals surface area contributed by atoms with Crippen molar-refractivity contribution in [2.75, 3.05) is 11.9 Å². The molecule has 1 aromatic rings. The highest BCUT2D eigenvalue weighted by molar-refractivity contribution is 5.96. The van der Waals surface area contributed by atoms with Crippen LogP contribution in [0.1, 0.15) is 18.4 Å². The van der Waals surface area contributed by atoms with Crippen molar-refractivity contribution in [2.45, 2.75) is 25.3 Å². The second-order valence-electron chi connectivity index (χ2n) is 4.44. The first kappa shape index (κ1) is 12.6. The lowest BCUT2D eigenvalue weighted by Crippen LogP contribution is -2.35. The van der Waals surface area contributed by atoms with Crippen molar-refractivity contribution in [2.24, 2.45) is 5.73 Å². The third-order valence-electron chi connectivity index (χ3n) is 3.02. The minimum atomic E-state index is -0.407. The van der Waals surface area contributed by atoms with Gasteiger partial charge in [-0.3, -0.25) is 9.59 Å². The van der Waals surface area contributed by atoms with Gasteiger partial charge in [-0.25, -0.2) is 0 Å². The highest BCUT2D eigenvalue weighted by Crippen LogP contribution is 2.17. The van der Waals surface area contributed by atoms with Crippen molar-refractivity contribution in [3.05, 3.63) is 29.8 Å². The van der Waals surface area contributed by atoms with Gasteiger partial charge in [0.2, 0.25) is 11.8 Å². The summed E-state index contributed by atoms with van der Waals surface area (Å²) in [7, 11) is 0. The number of carbonyl (C=O) groups excluding carboxylic acids is 2. The summed E-state index contributed by atoms with van der Waals surface area (Å²) in [4.78, 5) is 22.9. The van der Waals surface area contributed by atoms with Crippen LogP contribution in [0.5, 0.6) is 0 Å². The lowest BCUT2D eigenvalue weighted by molar-refractivity contribution is -0.118. The number of nitrogens with one attached hydrogen (secondary N) is 2. The van der Waals surface area contributed by atoms with Crippen molar-refractivity contribution in [3.8, 4) is 0 Å². The molecule has 1 aromatic carbocycles. The van der Waals surface area contributed by atoms with E-state index in [4.69, 9.17) is 5.73 Å². The number of rotatable bonds is 4. The molecule has 2 amide bonds. The maximum Gasteiger partial charge on any atom is 0.241 e. The summed E-state index contributed by atoms with van der Waals surface area (Å²) >= 11 is 0. The summed E-state index contributed by atoms with van der Waals surface area (Å²) in [6.45, 7) is 0.876. The molecular formula is C13H17N3O2. The molecule has 0 saturated carbocycles. The molecular weight excluding hydrogens is 230 g/mol. The Morgan fingerprint density at radius 1 is 1.39 bits per heavy atom. The number of benzene rings is 1. The van der Waals surface area contributed by atoms with E-state index in [1.165, 1.54) is 0 Å². The van der Waals surface area contributed by atoms with Gasteiger partial charge in [0.1, 0.15) is 0 Å². The predicted octanol–water partition coefficient (Wildman–Crippen LogP) is 0.405. The number of amides is 2. The summed E-state index contributed by atoms with van der Waals surface area (Å²) in [5.74, 6) is -0.458. The van der Waals surface area contributed by atoms with E-state index in [1.54, 1.807) is 12.1 Å². The molecule has 5 nitrogen and oxygen atoms in total. The first-order chi connectivity index (χ1) is 8.66. The molecule has 1 unspecified atom stereocenters. The maximum atomic E-state index is 12.0. The molecule has 0 bridgehead atoms. The van der Waals surface area contributed by atoms with Gasteiger partial charge >= 0.3 is 0 Å². The summed E-state index contributed by atoms with van der Waals surface area (Å²) in [5.41, 5.74) is 6.59. The molecule has 18 heavy (non-hydrogen) atoms. The van der Waals surface area contributed by atoms with E-state index in [2.05, 4.69) is 10.6 Å². The Morgan fingerprint density at radius 2 is 2.17 bits per heavy atom. The largest absolute Gasteiger partial charge is 0.369 e. The van der Waals surface area contributed by atoms with E-state index in [0.717, 1.165) is 24.9 Å². The van der Waals surface area contributed by atoms with Gasteiger partial charge in [0.15, 0.2) is 0 Å². The zero-order valence-corrected chi connectivity index (χ0v) is 10.1.